The molecule has 0 spiro atoms. The normalized spacial score (nSPS) is 16.0. The summed E-state index contributed by atoms with van der Waals surface area (Å²) < 4.78 is 19.6. The van der Waals surface area contributed by atoms with Gasteiger partial charge in [0.05, 0.1) is 11.6 Å². The van der Waals surface area contributed by atoms with Gasteiger partial charge in [0.15, 0.2) is 0 Å². The van der Waals surface area contributed by atoms with Crippen LogP contribution in [0.2, 0.25) is 5.02 Å². The highest BCUT2D eigenvalue weighted by Gasteiger charge is 2.26. The van der Waals surface area contributed by atoms with Crippen molar-refractivity contribution in [3.63, 3.8) is 0 Å². The first kappa shape index (κ1) is 14.7. The zero-order valence-corrected chi connectivity index (χ0v) is 12.2. The predicted octanol–water partition coefficient (Wildman–Crippen LogP) is 3.72. The van der Waals surface area contributed by atoms with Gasteiger partial charge in [0.1, 0.15) is 17.7 Å². The number of fused-ring (bicyclic) bond motifs is 1. The van der Waals surface area contributed by atoms with E-state index in [1.165, 1.54) is 6.07 Å². The van der Waals surface area contributed by atoms with Crippen LogP contribution in [-0.4, -0.2) is 23.8 Å². The minimum absolute atomic E-state index is 0.176. The third-order valence-electron chi connectivity index (χ3n) is 3.52. The van der Waals surface area contributed by atoms with Crippen LogP contribution in [0.15, 0.2) is 36.4 Å². The van der Waals surface area contributed by atoms with E-state index in [0.29, 0.717) is 28.3 Å². The fraction of sp³-hybridized carbons (Fsp3) is 0.188. The predicted molar refractivity (Wildman–Crippen MR) is 81.0 cm³/mol. The molecule has 6 heteroatoms. The number of carboxylic acid groups (broad SMARTS) is 1. The van der Waals surface area contributed by atoms with Crippen LogP contribution in [0.25, 0.3) is 11.1 Å². The van der Waals surface area contributed by atoms with E-state index >= 15 is 0 Å². The number of amides is 1. The van der Waals surface area contributed by atoms with Gasteiger partial charge < -0.3 is 15.2 Å². The second-order valence-corrected chi connectivity index (χ2v) is 5.46. The Kier molecular flexibility index (Phi) is 3.90. The molecule has 0 aromatic heterocycles. The number of rotatable bonds is 3. The van der Waals surface area contributed by atoms with Crippen molar-refractivity contribution in [2.24, 2.45) is 0 Å². The van der Waals surface area contributed by atoms with Crippen LogP contribution in [0.1, 0.15) is 5.56 Å². The van der Waals surface area contributed by atoms with E-state index < -0.39 is 6.09 Å². The Morgan fingerprint density at radius 1 is 1.41 bits per heavy atom. The molecule has 1 unspecified atom stereocenters. The van der Waals surface area contributed by atoms with Crippen molar-refractivity contribution in [2.75, 3.05) is 6.54 Å². The van der Waals surface area contributed by atoms with Crippen LogP contribution >= 0.6 is 11.6 Å². The fourth-order valence-corrected chi connectivity index (χ4v) is 2.84. The maximum atomic E-state index is 13.9. The maximum Gasteiger partial charge on any atom is 0.404 e. The van der Waals surface area contributed by atoms with Gasteiger partial charge in [-0.15, -0.1) is 0 Å². The van der Waals surface area contributed by atoms with E-state index in [2.05, 4.69) is 5.32 Å². The van der Waals surface area contributed by atoms with E-state index in [1.807, 2.05) is 6.07 Å². The van der Waals surface area contributed by atoms with Crippen LogP contribution in [0, 0.1) is 5.82 Å². The highest BCUT2D eigenvalue weighted by Crippen LogP contribution is 2.39. The SMILES string of the molecule is O=C(O)NCC1Cc2cc(-c3ccccc3F)cc(Cl)c2O1. The standard InChI is InChI=1S/C16H13ClFNO3/c17-13-7-9(12-3-1-2-4-14(12)18)5-10-6-11(22-15(10)13)8-19-16(20)21/h1-5,7,11,19H,6,8H2,(H,20,21). The molecule has 3 rings (SSSR count). The van der Waals surface area contributed by atoms with E-state index in [0.717, 1.165) is 5.56 Å². The second kappa shape index (κ2) is 5.85. The largest absolute Gasteiger partial charge is 0.486 e. The van der Waals surface area contributed by atoms with E-state index in [4.69, 9.17) is 21.4 Å². The molecular weight excluding hydrogens is 309 g/mol. The number of hydrogen-bond donors (Lipinski definition) is 2. The average Bonchev–Trinajstić information content (AvgIpc) is 2.89. The first-order valence-corrected chi connectivity index (χ1v) is 7.13. The molecule has 4 nitrogen and oxygen atoms in total. The Bertz CT molecular complexity index is 735. The zero-order valence-electron chi connectivity index (χ0n) is 11.5. The molecule has 22 heavy (non-hydrogen) atoms. The number of hydrogen-bond acceptors (Lipinski definition) is 2. The molecular formula is C16H13ClFNO3. The maximum absolute atomic E-state index is 13.9. The topological polar surface area (TPSA) is 58.6 Å². The molecule has 1 heterocycles. The molecule has 1 aliphatic rings. The summed E-state index contributed by atoms with van der Waals surface area (Å²) in [4.78, 5) is 10.5. The minimum atomic E-state index is -1.10. The number of halogens is 2. The molecule has 2 aromatic carbocycles. The third kappa shape index (κ3) is 2.85. The summed E-state index contributed by atoms with van der Waals surface area (Å²) in [5, 5.41) is 11.3. The summed E-state index contributed by atoms with van der Waals surface area (Å²) >= 11 is 6.22. The van der Waals surface area contributed by atoms with E-state index in [9.17, 15) is 9.18 Å². The molecule has 1 aliphatic heterocycles. The molecule has 1 atom stereocenters. The number of nitrogens with one attached hydrogen (secondary N) is 1. The Morgan fingerprint density at radius 3 is 2.91 bits per heavy atom. The van der Waals surface area contributed by atoms with Crippen LogP contribution in [0.4, 0.5) is 9.18 Å². The number of ether oxygens (including phenoxy) is 1. The highest BCUT2D eigenvalue weighted by molar-refractivity contribution is 6.32. The molecule has 0 saturated heterocycles. The second-order valence-electron chi connectivity index (χ2n) is 5.06. The molecule has 0 aliphatic carbocycles. The van der Waals surface area contributed by atoms with Crippen LogP contribution in [0.5, 0.6) is 5.75 Å². The summed E-state index contributed by atoms with van der Waals surface area (Å²) in [6, 6.07) is 9.96. The van der Waals surface area contributed by atoms with Crippen LogP contribution in [-0.2, 0) is 6.42 Å². The monoisotopic (exact) mass is 321 g/mol. The van der Waals surface area contributed by atoms with Crippen molar-refractivity contribution in [1.29, 1.82) is 0 Å². The van der Waals surface area contributed by atoms with Gasteiger partial charge >= 0.3 is 6.09 Å². The van der Waals surface area contributed by atoms with Gasteiger partial charge in [-0.25, -0.2) is 9.18 Å². The summed E-state index contributed by atoms with van der Waals surface area (Å²) in [6.45, 7) is 0.176. The zero-order chi connectivity index (χ0) is 15.7. The highest BCUT2D eigenvalue weighted by atomic mass is 35.5. The molecule has 0 bridgehead atoms. The smallest absolute Gasteiger partial charge is 0.404 e. The summed E-state index contributed by atoms with van der Waals surface area (Å²) in [7, 11) is 0. The average molecular weight is 322 g/mol. The summed E-state index contributed by atoms with van der Waals surface area (Å²) in [6.07, 6.45) is -0.880. The first-order valence-electron chi connectivity index (χ1n) is 6.75. The third-order valence-corrected chi connectivity index (χ3v) is 3.80. The van der Waals surface area contributed by atoms with Gasteiger partial charge in [-0.05, 0) is 23.8 Å². The molecule has 114 valence electrons. The number of benzene rings is 2. The van der Waals surface area contributed by atoms with Gasteiger partial charge in [0.2, 0.25) is 0 Å². The van der Waals surface area contributed by atoms with Crippen molar-refractivity contribution < 1.29 is 19.0 Å². The van der Waals surface area contributed by atoms with Crippen molar-refractivity contribution >= 4 is 17.7 Å². The quantitative estimate of drug-likeness (QED) is 0.906. The van der Waals surface area contributed by atoms with E-state index in [-0.39, 0.29) is 18.5 Å². The number of carbonyl (C=O) groups is 1. The Labute approximate surface area is 131 Å². The van der Waals surface area contributed by atoms with Gasteiger partial charge in [0, 0.05) is 17.5 Å². The van der Waals surface area contributed by atoms with Gasteiger partial charge in [-0.1, -0.05) is 29.8 Å². The van der Waals surface area contributed by atoms with Crippen molar-refractivity contribution in [1.82, 2.24) is 5.32 Å². The lowest BCUT2D eigenvalue weighted by Crippen LogP contribution is -2.33. The Hall–Kier alpha value is -2.27. The molecule has 0 radical (unpaired) electrons. The Balaban J connectivity index is 1.88. The van der Waals surface area contributed by atoms with E-state index in [1.54, 1.807) is 24.3 Å². The lowest BCUT2D eigenvalue weighted by atomic mass is 10.0. The van der Waals surface area contributed by atoms with Gasteiger partial charge in [-0.2, -0.15) is 0 Å². The molecule has 2 aromatic rings. The van der Waals surface area contributed by atoms with Crippen molar-refractivity contribution in [3.8, 4) is 16.9 Å². The summed E-state index contributed by atoms with van der Waals surface area (Å²) in [5.74, 6) is 0.223. The lowest BCUT2D eigenvalue weighted by Gasteiger charge is -2.10. The van der Waals surface area contributed by atoms with Gasteiger partial charge in [0.25, 0.3) is 0 Å². The minimum Gasteiger partial charge on any atom is -0.486 e. The molecule has 0 saturated carbocycles. The molecule has 0 fully saturated rings. The van der Waals surface area contributed by atoms with Crippen LogP contribution in [0.3, 0.4) is 0 Å². The fourth-order valence-electron chi connectivity index (χ4n) is 2.55. The van der Waals surface area contributed by atoms with Crippen molar-refractivity contribution in [3.05, 3.63) is 52.8 Å². The lowest BCUT2D eigenvalue weighted by molar-refractivity contribution is 0.181. The van der Waals surface area contributed by atoms with Crippen LogP contribution < -0.4 is 10.1 Å². The van der Waals surface area contributed by atoms with Crippen molar-refractivity contribution in [2.45, 2.75) is 12.5 Å². The van der Waals surface area contributed by atoms with Gasteiger partial charge in [-0.3, -0.25) is 0 Å². The summed E-state index contributed by atoms with van der Waals surface area (Å²) in [5.41, 5.74) is 2.00. The molecule has 1 amide bonds. The Morgan fingerprint density at radius 2 is 2.18 bits per heavy atom. The first-order chi connectivity index (χ1) is 10.5. The molecule has 2 N–H and O–H groups in total.